The second-order valence-electron chi connectivity index (χ2n) is 2.95. The standard InChI is InChI=1S/C9H10Cl2N2O/c10-6-2-1-5(7(11)4-6)3-8(12)9(13)14/h1-2,4,8H,3,12H2,(H2,13,14). The molecule has 1 amide bonds. The number of primary amides is 1. The molecule has 0 aliphatic carbocycles. The highest BCUT2D eigenvalue weighted by Gasteiger charge is 2.12. The minimum Gasteiger partial charge on any atom is -0.368 e. The molecule has 1 atom stereocenters. The van der Waals surface area contributed by atoms with Gasteiger partial charge in [0.15, 0.2) is 0 Å². The fourth-order valence-electron chi connectivity index (χ4n) is 1.02. The lowest BCUT2D eigenvalue weighted by molar-refractivity contribution is -0.119. The maximum atomic E-state index is 10.7. The van der Waals surface area contributed by atoms with E-state index in [9.17, 15) is 4.79 Å². The Morgan fingerprint density at radius 2 is 2.07 bits per heavy atom. The van der Waals surface area contributed by atoms with Crippen molar-refractivity contribution in [2.75, 3.05) is 0 Å². The van der Waals surface area contributed by atoms with E-state index in [2.05, 4.69) is 0 Å². The Kier molecular flexibility index (Phi) is 3.75. The Hall–Kier alpha value is -0.770. The van der Waals surface area contributed by atoms with Crippen molar-refractivity contribution in [3.8, 4) is 0 Å². The molecule has 3 nitrogen and oxygen atoms in total. The summed E-state index contributed by atoms with van der Waals surface area (Å²) in [5.41, 5.74) is 11.3. The molecule has 0 heterocycles. The van der Waals surface area contributed by atoms with Crippen LogP contribution in [0.25, 0.3) is 0 Å². The number of carbonyl (C=O) groups is 1. The minimum absolute atomic E-state index is 0.325. The van der Waals surface area contributed by atoms with Crippen molar-refractivity contribution < 1.29 is 4.79 Å². The molecule has 0 spiro atoms. The normalized spacial score (nSPS) is 12.5. The molecule has 0 saturated heterocycles. The van der Waals surface area contributed by atoms with Gasteiger partial charge in [-0.25, -0.2) is 0 Å². The van der Waals surface area contributed by atoms with E-state index in [1.54, 1.807) is 18.2 Å². The molecule has 0 saturated carbocycles. The molecule has 5 heteroatoms. The number of nitrogens with two attached hydrogens (primary N) is 2. The van der Waals surface area contributed by atoms with Crippen molar-refractivity contribution in [2.24, 2.45) is 11.5 Å². The molecule has 1 aromatic carbocycles. The van der Waals surface area contributed by atoms with E-state index in [4.69, 9.17) is 34.7 Å². The van der Waals surface area contributed by atoms with E-state index < -0.39 is 11.9 Å². The smallest absolute Gasteiger partial charge is 0.234 e. The highest BCUT2D eigenvalue weighted by atomic mass is 35.5. The van der Waals surface area contributed by atoms with Crippen molar-refractivity contribution in [1.29, 1.82) is 0 Å². The summed E-state index contributed by atoms with van der Waals surface area (Å²) >= 11 is 11.6. The first-order valence-corrected chi connectivity index (χ1v) is 4.75. The second kappa shape index (κ2) is 4.64. The third-order valence-electron chi connectivity index (χ3n) is 1.82. The van der Waals surface area contributed by atoms with Gasteiger partial charge in [-0.2, -0.15) is 0 Å². The number of benzene rings is 1. The topological polar surface area (TPSA) is 69.1 Å². The fraction of sp³-hybridized carbons (Fsp3) is 0.222. The van der Waals surface area contributed by atoms with Crippen LogP contribution in [0, 0.1) is 0 Å². The molecule has 0 aliphatic rings. The van der Waals surface area contributed by atoms with Crippen molar-refractivity contribution in [3.63, 3.8) is 0 Å². The fourth-order valence-corrected chi connectivity index (χ4v) is 1.51. The van der Waals surface area contributed by atoms with E-state index in [1.165, 1.54) is 0 Å². The summed E-state index contributed by atoms with van der Waals surface area (Å²) in [6.07, 6.45) is 0.325. The predicted molar refractivity (Wildman–Crippen MR) is 57.3 cm³/mol. The van der Waals surface area contributed by atoms with Crippen LogP contribution in [0.15, 0.2) is 18.2 Å². The zero-order chi connectivity index (χ0) is 10.7. The molecular formula is C9H10Cl2N2O. The summed E-state index contributed by atoms with van der Waals surface area (Å²) in [7, 11) is 0. The summed E-state index contributed by atoms with van der Waals surface area (Å²) < 4.78 is 0. The Bertz CT molecular complexity index is 355. The highest BCUT2D eigenvalue weighted by molar-refractivity contribution is 6.35. The van der Waals surface area contributed by atoms with Crippen molar-refractivity contribution in [3.05, 3.63) is 33.8 Å². The molecule has 0 fully saturated rings. The molecule has 4 N–H and O–H groups in total. The van der Waals surface area contributed by atoms with Gasteiger partial charge in [-0.15, -0.1) is 0 Å². The Labute approximate surface area is 92.0 Å². The predicted octanol–water partition coefficient (Wildman–Crippen LogP) is 1.35. The first-order chi connectivity index (χ1) is 6.50. The van der Waals surface area contributed by atoms with E-state index >= 15 is 0 Å². The molecule has 1 rings (SSSR count). The van der Waals surface area contributed by atoms with E-state index in [-0.39, 0.29) is 0 Å². The maximum Gasteiger partial charge on any atom is 0.234 e. The highest BCUT2D eigenvalue weighted by Crippen LogP contribution is 2.21. The molecule has 0 bridgehead atoms. The van der Waals surface area contributed by atoms with Gasteiger partial charge in [0.2, 0.25) is 5.91 Å². The van der Waals surface area contributed by atoms with E-state index in [1.807, 2.05) is 0 Å². The number of hydrogen-bond donors (Lipinski definition) is 2. The number of amides is 1. The van der Waals surface area contributed by atoms with Gasteiger partial charge in [-0.1, -0.05) is 29.3 Å². The monoisotopic (exact) mass is 232 g/mol. The zero-order valence-corrected chi connectivity index (χ0v) is 8.85. The van der Waals surface area contributed by atoms with Crippen LogP contribution >= 0.6 is 23.2 Å². The van der Waals surface area contributed by atoms with Crippen LogP contribution in [0.5, 0.6) is 0 Å². The van der Waals surface area contributed by atoms with Crippen LogP contribution in [-0.2, 0) is 11.2 Å². The summed E-state index contributed by atoms with van der Waals surface area (Å²) in [4.78, 5) is 10.7. The van der Waals surface area contributed by atoms with Gasteiger partial charge >= 0.3 is 0 Å². The van der Waals surface area contributed by atoms with E-state index in [0.717, 1.165) is 5.56 Å². The lowest BCUT2D eigenvalue weighted by Gasteiger charge is -2.08. The molecular weight excluding hydrogens is 223 g/mol. The Morgan fingerprint density at radius 3 is 2.57 bits per heavy atom. The molecule has 0 radical (unpaired) electrons. The number of carbonyl (C=O) groups excluding carboxylic acids is 1. The van der Waals surface area contributed by atoms with Crippen molar-refractivity contribution in [2.45, 2.75) is 12.5 Å². The van der Waals surface area contributed by atoms with Gasteiger partial charge in [-0.3, -0.25) is 4.79 Å². The molecule has 76 valence electrons. The third-order valence-corrected chi connectivity index (χ3v) is 2.41. The van der Waals surface area contributed by atoms with Crippen LogP contribution < -0.4 is 11.5 Å². The molecule has 1 aromatic rings. The van der Waals surface area contributed by atoms with Crippen LogP contribution in [0.4, 0.5) is 0 Å². The van der Waals surface area contributed by atoms with Crippen molar-refractivity contribution in [1.82, 2.24) is 0 Å². The van der Waals surface area contributed by atoms with Gasteiger partial charge in [0.25, 0.3) is 0 Å². The number of rotatable bonds is 3. The molecule has 0 aliphatic heterocycles. The summed E-state index contributed by atoms with van der Waals surface area (Å²) in [6, 6.07) is 4.31. The summed E-state index contributed by atoms with van der Waals surface area (Å²) in [5.74, 6) is -0.545. The maximum absolute atomic E-state index is 10.7. The second-order valence-corrected chi connectivity index (χ2v) is 3.79. The summed E-state index contributed by atoms with van der Waals surface area (Å²) in [5, 5.41) is 1.04. The van der Waals surface area contributed by atoms with Gasteiger partial charge in [-0.05, 0) is 24.1 Å². The largest absolute Gasteiger partial charge is 0.368 e. The molecule has 0 aromatic heterocycles. The molecule has 14 heavy (non-hydrogen) atoms. The van der Waals surface area contributed by atoms with Gasteiger partial charge in [0.05, 0.1) is 6.04 Å². The number of halogens is 2. The van der Waals surface area contributed by atoms with E-state index in [0.29, 0.717) is 16.5 Å². The average molecular weight is 233 g/mol. The number of hydrogen-bond acceptors (Lipinski definition) is 2. The Balaban J connectivity index is 2.82. The van der Waals surface area contributed by atoms with Gasteiger partial charge in [0.1, 0.15) is 0 Å². The average Bonchev–Trinajstić information content (AvgIpc) is 2.09. The SMILES string of the molecule is NC(=O)C(N)Cc1ccc(Cl)cc1Cl. The first kappa shape index (κ1) is 11.3. The molecule has 1 unspecified atom stereocenters. The van der Waals surface area contributed by atoms with Crippen LogP contribution in [0.3, 0.4) is 0 Å². The lowest BCUT2D eigenvalue weighted by Crippen LogP contribution is -2.38. The van der Waals surface area contributed by atoms with Crippen LogP contribution in [-0.4, -0.2) is 11.9 Å². The minimum atomic E-state index is -0.714. The quantitative estimate of drug-likeness (QED) is 0.827. The third kappa shape index (κ3) is 2.87. The lowest BCUT2D eigenvalue weighted by atomic mass is 10.1. The first-order valence-electron chi connectivity index (χ1n) is 3.99. The zero-order valence-electron chi connectivity index (χ0n) is 7.34. The van der Waals surface area contributed by atoms with Crippen molar-refractivity contribution >= 4 is 29.1 Å². The van der Waals surface area contributed by atoms with Gasteiger partial charge < -0.3 is 11.5 Å². The van der Waals surface area contributed by atoms with Gasteiger partial charge in [0, 0.05) is 10.0 Å². The van der Waals surface area contributed by atoms with Crippen LogP contribution in [0.1, 0.15) is 5.56 Å². The Morgan fingerprint density at radius 1 is 1.43 bits per heavy atom. The van der Waals surface area contributed by atoms with Crippen LogP contribution in [0.2, 0.25) is 10.0 Å². The summed E-state index contributed by atoms with van der Waals surface area (Å²) in [6.45, 7) is 0.